The van der Waals surface area contributed by atoms with Crippen molar-refractivity contribution >= 4 is 46.9 Å². The Bertz CT molecular complexity index is 3030. The quantitative estimate of drug-likeness (QED) is 0.134. The summed E-state index contributed by atoms with van der Waals surface area (Å²) < 4.78 is 19.6. The molecule has 4 heterocycles. The number of nitrogens with one attached hydrogen (secondary N) is 2. The van der Waals surface area contributed by atoms with E-state index in [2.05, 4.69) is 29.4 Å². The smallest absolute Gasteiger partial charge is 0.303 e. The normalized spacial score (nSPS) is 30.3. The van der Waals surface area contributed by atoms with Crippen LogP contribution in [0, 0.1) is 46.3 Å². The first-order chi connectivity index (χ1) is 37.1. The molecule has 3 aromatic carbocycles. The van der Waals surface area contributed by atoms with Crippen LogP contribution in [0.5, 0.6) is 0 Å². The number of hydrogen-bond acceptors (Lipinski definition) is 12. The summed E-state index contributed by atoms with van der Waals surface area (Å²) in [5, 5.41) is 36.8. The van der Waals surface area contributed by atoms with Gasteiger partial charge in [-0.1, -0.05) is 85.0 Å². The number of anilines is 1. The number of carbonyl (C=O) groups excluding carboxylic acids is 6. The van der Waals surface area contributed by atoms with E-state index in [1.165, 1.54) is 0 Å². The number of hydrogen-bond donors (Lipinski definition) is 5. The van der Waals surface area contributed by atoms with Crippen LogP contribution in [0.15, 0.2) is 96.6 Å². The molecule has 77 heavy (non-hydrogen) atoms. The van der Waals surface area contributed by atoms with E-state index in [1.54, 1.807) is 22.0 Å². The van der Waals surface area contributed by atoms with Crippen molar-refractivity contribution in [2.75, 3.05) is 37.7 Å². The molecule has 1 spiro atoms. The van der Waals surface area contributed by atoms with Crippen LogP contribution in [-0.2, 0) is 60.7 Å². The Morgan fingerprint density at radius 3 is 2.43 bits per heavy atom. The molecule has 11 rings (SSSR count). The zero-order valence-corrected chi connectivity index (χ0v) is 43.0. The molecule has 11 atom stereocenters. The van der Waals surface area contributed by atoms with Crippen LogP contribution in [0.2, 0.25) is 0 Å². The fourth-order valence-corrected chi connectivity index (χ4v) is 14.3. The number of aliphatic carboxylic acids is 1. The number of likely N-dealkylation sites (tertiary alicyclic amines) is 1. The van der Waals surface area contributed by atoms with Crippen molar-refractivity contribution in [3.05, 3.63) is 124 Å². The Kier molecular flexibility index (Phi) is 14.2. The second-order valence-electron chi connectivity index (χ2n) is 22.7. The van der Waals surface area contributed by atoms with Gasteiger partial charge in [-0.25, -0.2) is 0 Å². The van der Waals surface area contributed by atoms with Gasteiger partial charge < -0.3 is 50.0 Å². The molecule has 5 N–H and O–H groups in total. The van der Waals surface area contributed by atoms with E-state index < -0.39 is 78.2 Å². The summed E-state index contributed by atoms with van der Waals surface area (Å²) in [5.74, 6) is 2.47. The highest BCUT2D eigenvalue weighted by Crippen LogP contribution is 2.65. The molecule has 3 aromatic rings. The summed E-state index contributed by atoms with van der Waals surface area (Å²) in [6.07, 6.45) is 5.77. The van der Waals surface area contributed by atoms with Crippen LogP contribution in [0.25, 0.3) is 0 Å². The minimum atomic E-state index is -1.40. The maximum absolute atomic E-state index is 13.8. The summed E-state index contributed by atoms with van der Waals surface area (Å²) in [6.45, 7) is 2.35. The van der Waals surface area contributed by atoms with E-state index in [4.69, 9.17) is 14.2 Å². The number of ketones is 2. The first kappa shape index (κ1) is 52.3. The predicted octanol–water partition coefficient (Wildman–Crippen LogP) is 4.25. The van der Waals surface area contributed by atoms with Gasteiger partial charge in [0.1, 0.15) is 12.6 Å². The number of nitrogens with zero attached hydrogens (tertiary/aromatic N) is 2. The molecule has 6 fully saturated rings. The number of carboxylic acids is 1. The van der Waals surface area contributed by atoms with Gasteiger partial charge in [0.05, 0.1) is 43.7 Å². The topological polar surface area (TPSA) is 238 Å². The van der Waals surface area contributed by atoms with E-state index in [0.717, 1.165) is 40.7 Å². The molecule has 2 unspecified atom stereocenters. The number of fused-ring (bicyclic) bond motifs is 9. The van der Waals surface area contributed by atoms with Gasteiger partial charge in [0.2, 0.25) is 23.6 Å². The number of rotatable bonds is 15. The summed E-state index contributed by atoms with van der Waals surface area (Å²) in [6, 6.07) is 21.5. The molecule has 17 nitrogen and oxygen atoms in total. The van der Waals surface area contributed by atoms with Crippen LogP contribution in [0.4, 0.5) is 5.69 Å². The zero-order valence-electron chi connectivity index (χ0n) is 43.0. The van der Waals surface area contributed by atoms with Crippen molar-refractivity contribution in [1.29, 1.82) is 0 Å². The molecule has 0 bridgehead atoms. The molecular weight excluding hydrogens is 985 g/mol. The number of carbonyl (C=O) groups is 7. The largest absolute Gasteiger partial charge is 0.481 e. The van der Waals surface area contributed by atoms with Crippen LogP contribution in [0.3, 0.4) is 0 Å². The highest BCUT2D eigenvalue weighted by Gasteiger charge is 2.70. The van der Waals surface area contributed by atoms with Crippen molar-refractivity contribution in [1.82, 2.24) is 15.5 Å². The molecule has 17 heteroatoms. The Morgan fingerprint density at radius 1 is 0.896 bits per heavy atom. The lowest BCUT2D eigenvalue weighted by Gasteiger charge is -2.56. The maximum Gasteiger partial charge on any atom is 0.303 e. The first-order valence-corrected chi connectivity index (χ1v) is 26.9. The lowest BCUT2D eigenvalue weighted by atomic mass is 9.49. The van der Waals surface area contributed by atoms with Gasteiger partial charge in [-0.15, -0.1) is 0 Å². The number of allylic oxidation sites excluding steroid dienone is 4. The average Bonchev–Trinajstić information content (AvgIpc) is 4.25. The molecule has 4 aliphatic heterocycles. The van der Waals surface area contributed by atoms with Gasteiger partial charge in [-0.3, -0.25) is 33.6 Å². The standard InChI is InChI=1S/C60H64N4O13/c1-58-23-22-41(66)25-40(58)16-17-43-44-26-50-60(49(68)31-65,45(44)27-48(67)55(43)58)77-57(76-50)38-12-10-35(11-13-38)24-42-28-59(34-75-42)32-63(33-59)56(74)46(18-21-54(72)73)62-52(70)29-61-51(69)19-20-53(71)64-30-39-8-3-2-6-36(39)14-15-37-7-4-5-9-47(37)64/h2-13,22-23,25,42-46,48,50,55,57,65,67H,16-21,24,26-34H2,1H3,(H,61,69)(H,62,70)(H,72,73)/t42?,43-,44-,45?,46-,48-,50+,55+,57+,58-,60+/m0/s1. The molecule has 4 aliphatic carbocycles. The number of benzene rings is 3. The third-order valence-corrected chi connectivity index (χ3v) is 18.0. The van der Waals surface area contributed by atoms with E-state index in [-0.39, 0.29) is 79.1 Å². The van der Waals surface area contributed by atoms with Crippen molar-refractivity contribution in [3.8, 4) is 11.8 Å². The minimum absolute atomic E-state index is 0.0328. The van der Waals surface area contributed by atoms with Gasteiger partial charge in [-0.05, 0) is 98.3 Å². The molecule has 8 aliphatic rings. The van der Waals surface area contributed by atoms with Crippen molar-refractivity contribution in [3.63, 3.8) is 0 Å². The summed E-state index contributed by atoms with van der Waals surface area (Å²) in [7, 11) is 0. The van der Waals surface area contributed by atoms with Gasteiger partial charge in [-0.2, -0.15) is 0 Å². The van der Waals surface area contributed by atoms with E-state index in [1.807, 2.05) is 78.9 Å². The van der Waals surface area contributed by atoms with Crippen LogP contribution >= 0.6 is 0 Å². The Labute approximate surface area is 446 Å². The molecule has 402 valence electrons. The van der Waals surface area contributed by atoms with E-state index in [9.17, 15) is 48.9 Å². The SMILES string of the molecule is C[C@]12C=CC(=O)C=C1CC[C@@H]1[C@@H]2[C@@H](O)CC2[C@H]1C[C@H]1O[C@@H](c3ccc(CC4CC5(CO4)CN(C(=O)[C@H](CCC(=O)O)NC(=O)CNC(=O)CCC(=O)N4Cc6ccccc6C#Cc6ccccc64)C5)cc3)O[C@@]21C(=O)CO. The fraction of sp³-hybridized carbons (Fsp3) is 0.483. The summed E-state index contributed by atoms with van der Waals surface area (Å²) in [4.78, 5) is 94.5. The van der Waals surface area contributed by atoms with Crippen molar-refractivity contribution in [2.24, 2.45) is 34.5 Å². The van der Waals surface area contributed by atoms with Gasteiger partial charge in [0.25, 0.3) is 0 Å². The predicted molar refractivity (Wildman–Crippen MR) is 277 cm³/mol. The fourth-order valence-electron chi connectivity index (χ4n) is 14.3. The molecule has 3 saturated carbocycles. The van der Waals surface area contributed by atoms with Crippen LogP contribution < -0.4 is 15.5 Å². The third-order valence-electron chi connectivity index (χ3n) is 18.0. The number of amides is 4. The lowest BCUT2D eigenvalue weighted by molar-refractivity contribution is -0.174. The second kappa shape index (κ2) is 20.9. The van der Waals surface area contributed by atoms with Crippen molar-refractivity contribution in [2.45, 2.75) is 114 Å². The Morgan fingerprint density at radius 2 is 1.65 bits per heavy atom. The molecule has 0 radical (unpaired) electrons. The highest BCUT2D eigenvalue weighted by atomic mass is 16.7. The number of aliphatic hydroxyl groups is 2. The number of carboxylic acid groups (broad SMARTS) is 1. The number of para-hydroxylation sites is 1. The zero-order chi connectivity index (χ0) is 53.8. The monoisotopic (exact) mass is 1050 g/mol. The van der Waals surface area contributed by atoms with Gasteiger partial charge >= 0.3 is 5.97 Å². The van der Waals surface area contributed by atoms with Gasteiger partial charge in [0, 0.05) is 71.7 Å². The Balaban J connectivity index is 0.653. The number of aliphatic hydroxyl groups excluding tert-OH is 2. The number of ether oxygens (including phenoxy) is 3. The first-order valence-electron chi connectivity index (χ1n) is 26.9. The van der Waals surface area contributed by atoms with Gasteiger partial charge in [0.15, 0.2) is 23.5 Å². The molecule has 0 aromatic heterocycles. The second-order valence-corrected chi connectivity index (χ2v) is 22.7. The van der Waals surface area contributed by atoms with Crippen LogP contribution in [0.1, 0.15) is 98.8 Å². The number of Topliss-reactive ketones (excluding diaryl/α,β-unsaturated/α-hetero) is 1. The molecule has 3 saturated heterocycles. The minimum Gasteiger partial charge on any atom is -0.481 e. The summed E-state index contributed by atoms with van der Waals surface area (Å²) in [5.41, 5.74) is 3.62. The van der Waals surface area contributed by atoms with E-state index in [0.29, 0.717) is 56.6 Å². The lowest BCUT2D eigenvalue weighted by Crippen LogP contribution is -2.63. The van der Waals surface area contributed by atoms with Crippen LogP contribution in [-0.4, -0.2) is 124 Å². The molecular formula is C60H64N4O13. The summed E-state index contributed by atoms with van der Waals surface area (Å²) >= 11 is 0. The Hall–Kier alpha value is -6.81. The average molecular weight is 1050 g/mol. The van der Waals surface area contributed by atoms with Crippen molar-refractivity contribution < 1.29 is 63.1 Å². The molecule has 4 amide bonds. The third kappa shape index (κ3) is 9.84. The highest BCUT2D eigenvalue weighted by molar-refractivity contribution is 6.01. The van der Waals surface area contributed by atoms with E-state index >= 15 is 0 Å². The maximum atomic E-state index is 13.8.